The van der Waals surface area contributed by atoms with Gasteiger partial charge in [0, 0.05) is 10.0 Å². The number of rotatable bonds is 4. The van der Waals surface area contributed by atoms with Crippen molar-refractivity contribution in [1.29, 1.82) is 0 Å². The fraction of sp³-hybridized carbons (Fsp3) is 0.133. The molecule has 0 spiro atoms. The SMILES string of the molecule is CC/C(=N\Nc1ccccc1)c1ccc(Br)cc1F. The molecule has 0 aliphatic rings. The van der Waals surface area contributed by atoms with Crippen molar-refractivity contribution in [1.82, 2.24) is 0 Å². The first kappa shape index (κ1) is 13.7. The Balaban J connectivity index is 2.24. The highest BCUT2D eigenvalue weighted by Crippen LogP contribution is 2.17. The lowest BCUT2D eigenvalue weighted by Gasteiger charge is -2.07. The zero-order valence-corrected chi connectivity index (χ0v) is 12.1. The fourth-order valence-electron chi connectivity index (χ4n) is 1.70. The van der Waals surface area contributed by atoms with E-state index in [2.05, 4.69) is 26.5 Å². The highest BCUT2D eigenvalue weighted by atomic mass is 79.9. The average molecular weight is 321 g/mol. The van der Waals surface area contributed by atoms with E-state index in [0.29, 0.717) is 17.7 Å². The van der Waals surface area contributed by atoms with Crippen LogP contribution in [0.3, 0.4) is 0 Å². The van der Waals surface area contributed by atoms with Gasteiger partial charge in [-0.25, -0.2) is 4.39 Å². The van der Waals surface area contributed by atoms with Gasteiger partial charge in [0.25, 0.3) is 0 Å². The van der Waals surface area contributed by atoms with E-state index in [1.54, 1.807) is 6.07 Å². The highest BCUT2D eigenvalue weighted by molar-refractivity contribution is 9.10. The van der Waals surface area contributed by atoms with Crippen molar-refractivity contribution >= 4 is 27.3 Å². The van der Waals surface area contributed by atoms with Gasteiger partial charge in [0.05, 0.1) is 11.4 Å². The van der Waals surface area contributed by atoms with Crippen LogP contribution in [0, 0.1) is 5.82 Å². The number of anilines is 1. The van der Waals surface area contributed by atoms with Gasteiger partial charge in [0.15, 0.2) is 0 Å². The highest BCUT2D eigenvalue weighted by Gasteiger charge is 2.08. The molecule has 0 aromatic heterocycles. The molecule has 2 rings (SSSR count). The van der Waals surface area contributed by atoms with Crippen LogP contribution in [0.15, 0.2) is 58.1 Å². The Morgan fingerprint density at radius 2 is 1.95 bits per heavy atom. The number of hydrogen-bond donors (Lipinski definition) is 1. The Labute approximate surface area is 120 Å². The lowest BCUT2D eigenvalue weighted by molar-refractivity contribution is 0.624. The Bertz CT molecular complexity index is 582. The number of benzene rings is 2. The smallest absolute Gasteiger partial charge is 0.133 e. The van der Waals surface area contributed by atoms with Gasteiger partial charge in [-0.3, -0.25) is 5.43 Å². The van der Waals surface area contributed by atoms with Crippen LogP contribution in [0.2, 0.25) is 0 Å². The van der Waals surface area contributed by atoms with Gasteiger partial charge in [0.1, 0.15) is 5.82 Å². The van der Waals surface area contributed by atoms with Crippen molar-refractivity contribution in [2.24, 2.45) is 5.10 Å². The van der Waals surface area contributed by atoms with E-state index >= 15 is 0 Å². The van der Waals surface area contributed by atoms with E-state index < -0.39 is 0 Å². The van der Waals surface area contributed by atoms with Crippen LogP contribution in [0.25, 0.3) is 0 Å². The first-order valence-electron chi connectivity index (χ1n) is 6.03. The summed E-state index contributed by atoms with van der Waals surface area (Å²) in [4.78, 5) is 0. The summed E-state index contributed by atoms with van der Waals surface area (Å²) in [5.74, 6) is -0.273. The van der Waals surface area contributed by atoms with Crippen molar-refractivity contribution < 1.29 is 4.39 Å². The summed E-state index contributed by atoms with van der Waals surface area (Å²) < 4.78 is 14.6. The number of nitrogens with one attached hydrogen (secondary N) is 1. The van der Waals surface area contributed by atoms with Crippen LogP contribution in [0.4, 0.5) is 10.1 Å². The molecule has 0 unspecified atom stereocenters. The molecular weight excluding hydrogens is 307 g/mol. The van der Waals surface area contributed by atoms with E-state index in [1.807, 2.05) is 43.3 Å². The molecule has 0 bridgehead atoms. The summed E-state index contributed by atoms with van der Waals surface area (Å²) in [5, 5.41) is 4.28. The molecule has 0 aliphatic carbocycles. The van der Waals surface area contributed by atoms with Gasteiger partial charge >= 0.3 is 0 Å². The van der Waals surface area contributed by atoms with E-state index in [0.717, 1.165) is 10.2 Å². The zero-order valence-electron chi connectivity index (χ0n) is 10.5. The molecule has 0 atom stereocenters. The molecular formula is C15H14BrFN2. The van der Waals surface area contributed by atoms with Gasteiger partial charge in [-0.2, -0.15) is 5.10 Å². The molecule has 2 nitrogen and oxygen atoms in total. The predicted molar refractivity (Wildman–Crippen MR) is 81.0 cm³/mol. The molecule has 0 fully saturated rings. The number of hydrazone groups is 1. The number of hydrogen-bond acceptors (Lipinski definition) is 2. The standard InChI is InChI=1S/C15H14BrFN2/c1-2-15(13-9-8-11(16)10-14(13)17)19-18-12-6-4-3-5-7-12/h3-10,18H,2H2,1H3/b19-15+. The van der Waals surface area contributed by atoms with Crippen LogP contribution in [-0.2, 0) is 0 Å². The third-order valence-corrected chi connectivity index (χ3v) is 3.16. The summed E-state index contributed by atoms with van der Waals surface area (Å²) in [7, 11) is 0. The van der Waals surface area contributed by atoms with Gasteiger partial charge in [-0.1, -0.05) is 41.1 Å². The van der Waals surface area contributed by atoms with Crippen molar-refractivity contribution in [2.45, 2.75) is 13.3 Å². The Morgan fingerprint density at radius 3 is 2.58 bits per heavy atom. The number of halogens is 2. The first-order valence-corrected chi connectivity index (χ1v) is 6.83. The Kier molecular flexibility index (Phi) is 4.68. The summed E-state index contributed by atoms with van der Waals surface area (Å²) >= 11 is 3.25. The molecule has 19 heavy (non-hydrogen) atoms. The number of nitrogens with zero attached hydrogens (tertiary/aromatic N) is 1. The van der Waals surface area contributed by atoms with Crippen LogP contribution < -0.4 is 5.43 Å². The van der Waals surface area contributed by atoms with Crippen LogP contribution >= 0.6 is 15.9 Å². The molecule has 2 aromatic rings. The van der Waals surface area contributed by atoms with Crippen molar-refractivity contribution in [3.05, 3.63) is 64.4 Å². The topological polar surface area (TPSA) is 24.4 Å². The normalized spacial score (nSPS) is 11.4. The van der Waals surface area contributed by atoms with Gasteiger partial charge < -0.3 is 0 Å². The number of para-hydroxylation sites is 1. The molecule has 0 radical (unpaired) electrons. The van der Waals surface area contributed by atoms with Crippen LogP contribution in [-0.4, -0.2) is 5.71 Å². The molecule has 0 aliphatic heterocycles. The van der Waals surface area contributed by atoms with E-state index in [4.69, 9.17) is 0 Å². The van der Waals surface area contributed by atoms with Gasteiger partial charge in [-0.15, -0.1) is 0 Å². The maximum absolute atomic E-state index is 13.9. The second kappa shape index (κ2) is 6.48. The van der Waals surface area contributed by atoms with E-state index in [9.17, 15) is 4.39 Å². The third-order valence-electron chi connectivity index (χ3n) is 2.67. The molecule has 4 heteroatoms. The molecule has 1 N–H and O–H groups in total. The fourth-order valence-corrected chi connectivity index (χ4v) is 2.03. The Morgan fingerprint density at radius 1 is 1.21 bits per heavy atom. The maximum Gasteiger partial charge on any atom is 0.133 e. The van der Waals surface area contributed by atoms with E-state index in [-0.39, 0.29) is 5.82 Å². The average Bonchev–Trinajstić information content (AvgIpc) is 2.42. The molecule has 2 aromatic carbocycles. The summed E-state index contributed by atoms with van der Waals surface area (Å²) in [6, 6.07) is 14.6. The minimum Gasteiger partial charge on any atom is -0.278 e. The lowest BCUT2D eigenvalue weighted by Crippen LogP contribution is -2.05. The van der Waals surface area contributed by atoms with Crippen molar-refractivity contribution in [3.63, 3.8) is 0 Å². The first-order chi connectivity index (χ1) is 9.20. The zero-order chi connectivity index (χ0) is 13.7. The summed E-state index contributed by atoms with van der Waals surface area (Å²) in [6.45, 7) is 1.95. The molecule has 98 valence electrons. The lowest BCUT2D eigenvalue weighted by atomic mass is 10.1. The summed E-state index contributed by atoms with van der Waals surface area (Å²) in [5.41, 5.74) is 5.04. The van der Waals surface area contributed by atoms with E-state index in [1.165, 1.54) is 6.07 Å². The third kappa shape index (κ3) is 3.64. The second-order valence-electron chi connectivity index (χ2n) is 4.01. The molecule has 0 saturated carbocycles. The molecule has 0 heterocycles. The predicted octanol–water partition coefficient (Wildman–Crippen LogP) is 4.81. The minimum atomic E-state index is -0.273. The van der Waals surface area contributed by atoms with Crippen molar-refractivity contribution in [3.8, 4) is 0 Å². The van der Waals surface area contributed by atoms with Crippen molar-refractivity contribution in [2.75, 3.05) is 5.43 Å². The van der Waals surface area contributed by atoms with Gasteiger partial charge in [-0.05, 0) is 36.8 Å². The second-order valence-corrected chi connectivity index (χ2v) is 4.93. The van der Waals surface area contributed by atoms with Crippen LogP contribution in [0.1, 0.15) is 18.9 Å². The maximum atomic E-state index is 13.9. The Hall–Kier alpha value is -1.68. The largest absolute Gasteiger partial charge is 0.278 e. The molecule has 0 amide bonds. The van der Waals surface area contributed by atoms with Crippen LogP contribution in [0.5, 0.6) is 0 Å². The minimum absolute atomic E-state index is 0.273. The quantitative estimate of drug-likeness (QED) is 0.634. The molecule has 0 saturated heterocycles. The summed E-state index contributed by atoms with van der Waals surface area (Å²) in [6.07, 6.45) is 0.651. The van der Waals surface area contributed by atoms with Gasteiger partial charge in [0.2, 0.25) is 0 Å². The monoisotopic (exact) mass is 320 g/mol.